The Labute approximate surface area is 205 Å². The number of aliphatic hydroxyl groups excluding tert-OH is 1. The van der Waals surface area contributed by atoms with Crippen molar-refractivity contribution in [1.82, 2.24) is 14.9 Å². The van der Waals surface area contributed by atoms with E-state index in [0.717, 1.165) is 12.8 Å². The van der Waals surface area contributed by atoms with Gasteiger partial charge in [0.15, 0.2) is 0 Å². The van der Waals surface area contributed by atoms with E-state index in [-0.39, 0.29) is 12.1 Å². The van der Waals surface area contributed by atoms with Crippen molar-refractivity contribution in [3.05, 3.63) is 34.7 Å². The summed E-state index contributed by atoms with van der Waals surface area (Å²) < 4.78 is 18.9. The van der Waals surface area contributed by atoms with Crippen LogP contribution >= 0.6 is 0 Å². The first-order valence-corrected chi connectivity index (χ1v) is 12.5. The Bertz CT molecular complexity index is 1100. The lowest BCUT2D eigenvalue weighted by Crippen LogP contribution is -2.66. The van der Waals surface area contributed by atoms with E-state index in [9.17, 15) is 14.7 Å². The van der Waals surface area contributed by atoms with Gasteiger partial charge in [-0.15, -0.1) is 0 Å². The Morgan fingerprint density at radius 3 is 2.66 bits per heavy atom. The zero-order valence-corrected chi connectivity index (χ0v) is 21.1. The molecule has 4 heterocycles. The number of nitrogens with one attached hydrogen (secondary N) is 1. The molecule has 9 nitrogen and oxygen atoms in total. The summed E-state index contributed by atoms with van der Waals surface area (Å²) in [5.74, 6) is 0.600. The van der Waals surface area contributed by atoms with Gasteiger partial charge in [0, 0.05) is 12.1 Å². The standard InChI is InChI=1S/C26H37N3O6/c1-5-6-13-33-18-14-20-19(27-15-18)7-8-22(31)29(20)16-21(30)26-11-9-25(10-12-26,17-34-26)28-23(32)35-24(2,3)4/h7-8,14-15,21,30H,5-6,9-13,16-17H2,1-4H3,(H,28,32). The van der Waals surface area contributed by atoms with Crippen molar-refractivity contribution in [2.75, 3.05) is 13.2 Å². The van der Waals surface area contributed by atoms with E-state index in [0.29, 0.717) is 55.7 Å². The van der Waals surface area contributed by atoms with Gasteiger partial charge in [-0.3, -0.25) is 9.78 Å². The topological polar surface area (TPSA) is 112 Å². The van der Waals surface area contributed by atoms with E-state index in [1.165, 1.54) is 6.07 Å². The lowest BCUT2D eigenvalue weighted by molar-refractivity contribution is -0.209. The molecule has 0 spiro atoms. The summed E-state index contributed by atoms with van der Waals surface area (Å²) in [5.41, 5.74) is -0.767. The number of amides is 1. The number of alkyl carbamates (subject to hydrolysis) is 1. The summed E-state index contributed by atoms with van der Waals surface area (Å²) >= 11 is 0. The number of aliphatic hydroxyl groups is 1. The second-order valence-electron chi connectivity index (χ2n) is 10.8. The Morgan fingerprint density at radius 2 is 2.03 bits per heavy atom. The molecule has 2 aromatic rings. The molecule has 0 radical (unpaired) electrons. The summed E-state index contributed by atoms with van der Waals surface area (Å²) in [6, 6.07) is 4.96. The SMILES string of the molecule is CCCCOc1cnc2ccc(=O)n(CC(O)C34CCC(NC(=O)OC(C)(C)C)(CC3)CO4)c2c1. The number of carbonyl (C=O) groups excluding carboxylic acids is 1. The van der Waals surface area contributed by atoms with Crippen LogP contribution in [0.25, 0.3) is 11.0 Å². The van der Waals surface area contributed by atoms with Crippen molar-refractivity contribution in [1.29, 1.82) is 0 Å². The predicted molar refractivity (Wildman–Crippen MR) is 132 cm³/mol. The molecular weight excluding hydrogens is 450 g/mol. The molecule has 192 valence electrons. The molecule has 2 saturated heterocycles. The molecule has 2 aromatic heterocycles. The van der Waals surface area contributed by atoms with Crippen molar-refractivity contribution >= 4 is 17.1 Å². The Morgan fingerprint density at radius 1 is 1.29 bits per heavy atom. The second kappa shape index (κ2) is 9.78. The summed E-state index contributed by atoms with van der Waals surface area (Å²) in [5, 5.41) is 14.3. The molecule has 1 saturated carbocycles. The highest BCUT2D eigenvalue weighted by Crippen LogP contribution is 2.46. The van der Waals surface area contributed by atoms with Crippen LogP contribution in [0, 0.1) is 0 Å². The van der Waals surface area contributed by atoms with Crippen molar-refractivity contribution < 1.29 is 24.1 Å². The number of carbonyl (C=O) groups is 1. The average Bonchev–Trinajstić information content (AvgIpc) is 2.80. The number of aromatic nitrogens is 2. The smallest absolute Gasteiger partial charge is 0.408 e. The van der Waals surface area contributed by atoms with E-state index in [4.69, 9.17) is 14.2 Å². The largest absolute Gasteiger partial charge is 0.492 e. The van der Waals surface area contributed by atoms with Gasteiger partial charge in [0.1, 0.15) is 17.5 Å². The molecule has 5 rings (SSSR count). The van der Waals surface area contributed by atoms with Crippen molar-refractivity contribution in [3.8, 4) is 5.75 Å². The Hall–Kier alpha value is -2.65. The third-order valence-electron chi connectivity index (χ3n) is 7.00. The van der Waals surface area contributed by atoms with E-state index in [2.05, 4.69) is 17.2 Å². The molecule has 1 amide bonds. The number of hydrogen-bond donors (Lipinski definition) is 2. The molecule has 9 heteroatoms. The maximum atomic E-state index is 12.8. The van der Waals surface area contributed by atoms with Gasteiger partial charge < -0.3 is 29.2 Å². The third kappa shape index (κ3) is 5.62. The van der Waals surface area contributed by atoms with Crippen LogP contribution in [0.2, 0.25) is 0 Å². The number of nitrogens with zero attached hydrogens (tertiary/aromatic N) is 2. The quantitative estimate of drug-likeness (QED) is 0.548. The van der Waals surface area contributed by atoms with Crippen LogP contribution in [0.5, 0.6) is 5.75 Å². The third-order valence-corrected chi connectivity index (χ3v) is 7.00. The summed E-state index contributed by atoms with van der Waals surface area (Å²) in [7, 11) is 0. The summed E-state index contributed by atoms with van der Waals surface area (Å²) in [6.45, 7) is 8.54. The first kappa shape index (κ1) is 25.4. The number of ether oxygens (including phenoxy) is 3. The predicted octanol–water partition coefficient (Wildman–Crippen LogP) is 3.54. The van der Waals surface area contributed by atoms with Crippen LogP contribution in [0.15, 0.2) is 29.2 Å². The molecule has 1 aliphatic carbocycles. The molecule has 2 N–H and O–H groups in total. The summed E-state index contributed by atoms with van der Waals surface area (Å²) in [4.78, 5) is 29.6. The van der Waals surface area contributed by atoms with Crippen LogP contribution in [0.4, 0.5) is 4.79 Å². The van der Waals surface area contributed by atoms with Crippen molar-refractivity contribution in [2.24, 2.45) is 0 Å². The van der Waals surface area contributed by atoms with Gasteiger partial charge in [-0.25, -0.2) is 4.79 Å². The molecule has 3 fully saturated rings. The minimum atomic E-state index is -0.893. The average molecular weight is 488 g/mol. The molecule has 35 heavy (non-hydrogen) atoms. The fourth-order valence-electron chi connectivity index (χ4n) is 4.92. The molecule has 1 atom stereocenters. The van der Waals surface area contributed by atoms with Gasteiger partial charge in [0.05, 0.1) is 48.1 Å². The molecule has 3 aliphatic rings. The molecule has 2 bridgehead atoms. The number of fused-ring (bicyclic) bond motifs is 4. The van der Waals surface area contributed by atoms with E-state index in [1.807, 2.05) is 26.8 Å². The Balaban J connectivity index is 1.48. The minimum Gasteiger partial charge on any atom is -0.492 e. The highest BCUT2D eigenvalue weighted by molar-refractivity contribution is 5.75. The highest BCUT2D eigenvalue weighted by atomic mass is 16.6. The van der Waals surface area contributed by atoms with Gasteiger partial charge in [-0.2, -0.15) is 0 Å². The van der Waals surface area contributed by atoms with Crippen molar-refractivity contribution in [2.45, 2.75) is 95.6 Å². The van der Waals surface area contributed by atoms with Gasteiger partial charge in [0.2, 0.25) is 0 Å². The zero-order valence-electron chi connectivity index (χ0n) is 21.1. The Kier molecular flexibility index (Phi) is 7.11. The van der Waals surface area contributed by atoms with Crippen molar-refractivity contribution in [3.63, 3.8) is 0 Å². The number of rotatable bonds is 8. The van der Waals surface area contributed by atoms with Crippen LogP contribution in [-0.2, 0) is 16.0 Å². The van der Waals surface area contributed by atoms with E-state index >= 15 is 0 Å². The van der Waals surface area contributed by atoms with Crippen LogP contribution in [-0.4, -0.2) is 56.8 Å². The molecule has 2 aliphatic heterocycles. The second-order valence-corrected chi connectivity index (χ2v) is 10.8. The van der Waals surface area contributed by atoms with Gasteiger partial charge in [0.25, 0.3) is 5.56 Å². The first-order chi connectivity index (χ1) is 16.5. The van der Waals surface area contributed by atoms with Crippen LogP contribution < -0.4 is 15.6 Å². The monoisotopic (exact) mass is 487 g/mol. The fraction of sp³-hybridized carbons (Fsp3) is 0.654. The number of unbranched alkanes of at least 4 members (excludes halogenated alkanes) is 1. The number of pyridine rings is 2. The van der Waals surface area contributed by atoms with Crippen LogP contribution in [0.1, 0.15) is 66.2 Å². The zero-order chi connectivity index (χ0) is 25.3. The lowest BCUT2D eigenvalue weighted by Gasteiger charge is -2.54. The first-order valence-electron chi connectivity index (χ1n) is 12.5. The maximum Gasteiger partial charge on any atom is 0.408 e. The number of hydrogen-bond acceptors (Lipinski definition) is 7. The lowest BCUT2D eigenvalue weighted by atomic mass is 9.69. The molecule has 0 aromatic carbocycles. The molecular formula is C26H37N3O6. The minimum absolute atomic E-state index is 0.0861. The highest BCUT2D eigenvalue weighted by Gasteiger charge is 2.54. The molecule has 1 unspecified atom stereocenters. The fourth-order valence-corrected chi connectivity index (χ4v) is 4.92. The summed E-state index contributed by atoms with van der Waals surface area (Å²) in [6.07, 6.45) is 4.76. The van der Waals surface area contributed by atoms with Crippen LogP contribution in [0.3, 0.4) is 0 Å². The van der Waals surface area contributed by atoms with Gasteiger partial charge in [-0.1, -0.05) is 13.3 Å². The normalized spacial score (nSPS) is 24.8. The van der Waals surface area contributed by atoms with Gasteiger partial charge >= 0.3 is 6.09 Å². The van der Waals surface area contributed by atoms with E-state index in [1.54, 1.807) is 16.8 Å². The maximum absolute atomic E-state index is 12.8. The van der Waals surface area contributed by atoms with E-state index < -0.39 is 28.9 Å². The van der Waals surface area contributed by atoms with Gasteiger partial charge in [-0.05, 0) is 58.9 Å².